The Kier molecular flexibility index (Phi) is 5.59. The van der Waals surface area contributed by atoms with E-state index in [0.29, 0.717) is 19.4 Å². The smallest absolute Gasteiger partial charge is 0.241 e. The van der Waals surface area contributed by atoms with E-state index < -0.39 is 0 Å². The van der Waals surface area contributed by atoms with Crippen LogP contribution in [0.1, 0.15) is 24.0 Å². The third-order valence-corrected chi connectivity index (χ3v) is 4.90. The largest absolute Gasteiger partial charge is 0.325 e. The van der Waals surface area contributed by atoms with E-state index in [4.69, 9.17) is 0 Å². The number of amides is 2. The summed E-state index contributed by atoms with van der Waals surface area (Å²) in [6.45, 7) is 1.45. The number of carbonyl (C=O) groups is 2. The molecule has 0 radical (unpaired) electrons. The Hall–Kier alpha value is -2.37. The molecule has 0 spiro atoms. The minimum absolute atomic E-state index is 0. The van der Waals surface area contributed by atoms with Gasteiger partial charge in [-0.05, 0) is 42.2 Å². The van der Waals surface area contributed by atoms with Crippen LogP contribution in [0.5, 0.6) is 0 Å². The first-order valence-electron chi connectivity index (χ1n) is 8.72. The van der Waals surface area contributed by atoms with Gasteiger partial charge in [0.25, 0.3) is 0 Å². The highest BCUT2D eigenvalue weighted by molar-refractivity contribution is 5.98. The molecule has 0 aliphatic carbocycles. The van der Waals surface area contributed by atoms with Gasteiger partial charge in [0.1, 0.15) is 0 Å². The lowest BCUT2D eigenvalue weighted by Crippen LogP contribution is -2.44. The summed E-state index contributed by atoms with van der Waals surface area (Å²) < 4.78 is 0. The normalized spacial score (nSPS) is 18.8. The second kappa shape index (κ2) is 7.89. The number of hydrogen-bond acceptors (Lipinski definition) is 3. The van der Waals surface area contributed by atoms with Gasteiger partial charge in [0.05, 0.1) is 6.04 Å². The zero-order chi connectivity index (χ0) is 17.2. The first-order valence-corrected chi connectivity index (χ1v) is 8.72. The van der Waals surface area contributed by atoms with Gasteiger partial charge in [-0.2, -0.15) is 0 Å². The molecular weight excluding hydrogens is 350 g/mol. The fraction of sp³-hybridized carbons (Fsp3) is 0.300. The Morgan fingerprint density at radius 1 is 1.12 bits per heavy atom. The topological polar surface area (TPSA) is 61.4 Å². The number of anilines is 2. The van der Waals surface area contributed by atoms with Gasteiger partial charge in [0.15, 0.2) is 0 Å². The number of halogens is 1. The van der Waals surface area contributed by atoms with Crippen LogP contribution in [0.25, 0.3) is 0 Å². The third-order valence-electron chi connectivity index (χ3n) is 4.90. The van der Waals surface area contributed by atoms with Crippen molar-refractivity contribution in [1.82, 2.24) is 5.32 Å². The van der Waals surface area contributed by atoms with Crippen molar-refractivity contribution in [3.8, 4) is 0 Å². The number of nitrogens with zero attached hydrogens (tertiary/aromatic N) is 1. The molecule has 2 aromatic carbocycles. The van der Waals surface area contributed by atoms with E-state index in [0.717, 1.165) is 24.3 Å². The van der Waals surface area contributed by atoms with E-state index in [9.17, 15) is 9.59 Å². The van der Waals surface area contributed by atoms with Gasteiger partial charge in [0, 0.05) is 30.9 Å². The molecule has 2 aliphatic heterocycles. The van der Waals surface area contributed by atoms with Gasteiger partial charge < -0.3 is 15.5 Å². The minimum Gasteiger partial charge on any atom is -0.325 e. The summed E-state index contributed by atoms with van der Waals surface area (Å²) in [7, 11) is 0. The number of hydrogen-bond donors (Lipinski definition) is 2. The lowest BCUT2D eigenvalue weighted by atomic mass is 9.95. The second-order valence-electron chi connectivity index (χ2n) is 6.59. The van der Waals surface area contributed by atoms with E-state index in [1.54, 1.807) is 4.90 Å². The lowest BCUT2D eigenvalue weighted by Gasteiger charge is -2.25. The first-order chi connectivity index (χ1) is 12.2. The van der Waals surface area contributed by atoms with Crippen molar-refractivity contribution < 1.29 is 9.59 Å². The van der Waals surface area contributed by atoms with Crippen molar-refractivity contribution in [3.05, 3.63) is 59.7 Å². The van der Waals surface area contributed by atoms with Crippen LogP contribution in [0.4, 0.5) is 11.4 Å². The van der Waals surface area contributed by atoms with Gasteiger partial charge in [-0.15, -0.1) is 12.4 Å². The summed E-state index contributed by atoms with van der Waals surface area (Å²) in [6, 6.07) is 15.5. The standard InChI is InChI=1S/C20H21N3O2.ClH/c24-19-9-4-10-23(19)17-8-3-7-16(12-17)22-20(25)18-11-14-5-1-2-6-15(14)13-21-18;/h1-3,5-8,12,18,21H,4,9-11,13H2,(H,22,25);1H. The summed E-state index contributed by atoms with van der Waals surface area (Å²) in [4.78, 5) is 26.3. The first kappa shape index (κ1) is 18.4. The zero-order valence-corrected chi connectivity index (χ0v) is 15.2. The molecule has 2 heterocycles. The maximum Gasteiger partial charge on any atom is 0.241 e. The maximum atomic E-state index is 12.6. The Labute approximate surface area is 159 Å². The Balaban J connectivity index is 0.00000196. The Morgan fingerprint density at radius 2 is 1.92 bits per heavy atom. The van der Waals surface area contributed by atoms with Gasteiger partial charge in [-0.1, -0.05) is 30.3 Å². The maximum absolute atomic E-state index is 12.6. The zero-order valence-electron chi connectivity index (χ0n) is 14.4. The van der Waals surface area contributed by atoms with Crippen LogP contribution in [-0.2, 0) is 22.6 Å². The predicted octanol–water partition coefficient (Wildman–Crippen LogP) is 2.89. The molecule has 6 heteroatoms. The molecule has 26 heavy (non-hydrogen) atoms. The van der Waals surface area contributed by atoms with Crippen molar-refractivity contribution in [2.75, 3.05) is 16.8 Å². The third kappa shape index (κ3) is 3.74. The Bertz CT molecular complexity index is 824. The van der Waals surface area contributed by atoms with Crippen molar-refractivity contribution >= 4 is 35.6 Å². The van der Waals surface area contributed by atoms with Crippen molar-refractivity contribution in [2.45, 2.75) is 31.8 Å². The average molecular weight is 372 g/mol. The summed E-state index contributed by atoms with van der Waals surface area (Å²) in [5.41, 5.74) is 4.05. The molecule has 2 aliphatic rings. The van der Waals surface area contributed by atoms with Gasteiger partial charge in [-0.3, -0.25) is 9.59 Å². The molecule has 2 N–H and O–H groups in total. The molecule has 2 aromatic rings. The predicted molar refractivity (Wildman–Crippen MR) is 105 cm³/mol. The van der Waals surface area contributed by atoms with E-state index in [1.807, 2.05) is 36.4 Å². The number of benzene rings is 2. The van der Waals surface area contributed by atoms with Crippen LogP contribution in [0.15, 0.2) is 48.5 Å². The molecule has 136 valence electrons. The molecule has 0 bridgehead atoms. The van der Waals surface area contributed by atoms with Gasteiger partial charge in [0.2, 0.25) is 11.8 Å². The number of rotatable bonds is 3. The monoisotopic (exact) mass is 371 g/mol. The highest BCUT2D eigenvalue weighted by Gasteiger charge is 2.25. The number of fused-ring (bicyclic) bond motifs is 1. The average Bonchev–Trinajstić information content (AvgIpc) is 3.07. The van der Waals surface area contributed by atoms with Crippen LogP contribution in [0, 0.1) is 0 Å². The highest BCUT2D eigenvalue weighted by Crippen LogP contribution is 2.24. The number of carbonyl (C=O) groups excluding carboxylic acids is 2. The quantitative estimate of drug-likeness (QED) is 0.872. The fourth-order valence-corrected chi connectivity index (χ4v) is 3.54. The SMILES string of the molecule is Cl.O=C(Nc1cccc(N2CCCC2=O)c1)C1Cc2ccccc2CN1. The molecule has 4 rings (SSSR count). The van der Waals surface area contributed by atoms with Crippen molar-refractivity contribution in [2.24, 2.45) is 0 Å². The molecule has 1 saturated heterocycles. The summed E-state index contributed by atoms with van der Waals surface area (Å²) in [6.07, 6.45) is 2.18. The molecule has 1 unspecified atom stereocenters. The van der Waals surface area contributed by atoms with Crippen molar-refractivity contribution in [3.63, 3.8) is 0 Å². The van der Waals surface area contributed by atoms with Crippen LogP contribution < -0.4 is 15.5 Å². The summed E-state index contributed by atoms with van der Waals surface area (Å²) in [5.74, 6) is 0.105. The van der Waals surface area contributed by atoms with E-state index in [-0.39, 0.29) is 30.3 Å². The summed E-state index contributed by atoms with van der Waals surface area (Å²) in [5, 5.41) is 6.28. The van der Waals surface area contributed by atoms with E-state index in [2.05, 4.69) is 22.8 Å². The second-order valence-corrected chi connectivity index (χ2v) is 6.59. The molecule has 0 saturated carbocycles. The van der Waals surface area contributed by atoms with Crippen LogP contribution in [0.2, 0.25) is 0 Å². The lowest BCUT2D eigenvalue weighted by molar-refractivity contribution is -0.118. The molecule has 1 fully saturated rings. The minimum atomic E-state index is -0.244. The molecule has 0 aromatic heterocycles. The van der Waals surface area contributed by atoms with Crippen LogP contribution >= 0.6 is 12.4 Å². The molecule has 2 amide bonds. The van der Waals surface area contributed by atoms with Gasteiger partial charge >= 0.3 is 0 Å². The van der Waals surface area contributed by atoms with Crippen LogP contribution in [0.3, 0.4) is 0 Å². The molecular formula is C20H22ClN3O2. The Morgan fingerprint density at radius 3 is 2.69 bits per heavy atom. The fourth-order valence-electron chi connectivity index (χ4n) is 3.54. The molecule has 5 nitrogen and oxygen atoms in total. The molecule has 1 atom stereocenters. The van der Waals surface area contributed by atoms with Crippen LogP contribution in [-0.4, -0.2) is 24.4 Å². The van der Waals surface area contributed by atoms with E-state index >= 15 is 0 Å². The van der Waals surface area contributed by atoms with Crippen molar-refractivity contribution in [1.29, 1.82) is 0 Å². The van der Waals surface area contributed by atoms with E-state index in [1.165, 1.54) is 11.1 Å². The highest BCUT2D eigenvalue weighted by atomic mass is 35.5. The number of nitrogens with one attached hydrogen (secondary N) is 2. The summed E-state index contributed by atoms with van der Waals surface area (Å²) >= 11 is 0. The van der Waals surface area contributed by atoms with Gasteiger partial charge in [-0.25, -0.2) is 0 Å².